The number of hydrogen-bond donors (Lipinski definition) is 0. The molecular formula is C26H22N2O2. The summed E-state index contributed by atoms with van der Waals surface area (Å²) in [7, 11) is 0. The molecule has 2 heterocycles. The van der Waals surface area contributed by atoms with Gasteiger partial charge in [-0.25, -0.2) is 0 Å². The second-order valence-corrected chi connectivity index (χ2v) is 7.42. The molecule has 1 aliphatic heterocycles. The molecule has 4 aromatic rings. The van der Waals surface area contributed by atoms with Crippen molar-refractivity contribution >= 4 is 5.88 Å². The Balaban J connectivity index is 1.61. The van der Waals surface area contributed by atoms with Crippen LogP contribution in [0.3, 0.4) is 0 Å². The topological polar surface area (TPSA) is 38.5 Å². The minimum atomic E-state index is -0.302. The van der Waals surface area contributed by atoms with Gasteiger partial charge in [0, 0.05) is 17.3 Å². The lowest BCUT2D eigenvalue weighted by Gasteiger charge is -2.23. The molecule has 5 rings (SSSR count). The zero-order valence-electron chi connectivity index (χ0n) is 16.9. The Morgan fingerprint density at radius 3 is 2.10 bits per heavy atom. The van der Waals surface area contributed by atoms with E-state index in [4.69, 9.17) is 9.26 Å². The number of rotatable bonds is 4. The van der Waals surface area contributed by atoms with Gasteiger partial charge in [-0.05, 0) is 42.2 Å². The Kier molecular flexibility index (Phi) is 4.60. The first-order chi connectivity index (χ1) is 14.7. The lowest BCUT2D eigenvalue weighted by molar-refractivity contribution is 0.169. The van der Waals surface area contributed by atoms with Gasteiger partial charge in [0.05, 0.1) is 5.69 Å². The van der Waals surface area contributed by atoms with E-state index in [-0.39, 0.29) is 6.23 Å². The van der Waals surface area contributed by atoms with Gasteiger partial charge >= 0.3 is 0 Å². The second-order valence-electron chi connectivity index (χ2n) is 7.42. The fraction of sp³-hybridized carbons (Fsp3) is 0.115. The van der Waals surface area contributed by atoms with Gasteiger partial charge in [-0.1, -0.05) is 78.0 Å². The highest BCUT2D eigenvalue weighted by Gasteiger charge is 2.29. The molecule has 0 N–H and O–H groups in total. The van der Waals surface area contributed by atoms with E-state index in [2.05, 4.69) is 71.9 Å². The highest BCUT2D eigenvalue weighted by Crippen LogP contribution is 2.39. The standard InChI is InChI=1S/C26H22N2O2/c1-18-19(2)27-30-25(18)28-15-16-29-26(28)22-13-14-23(20-9-5-3-6-10-20)24(17-22)21-11-7-4-8-12-21/h3-17,26H,1-2H3. The van der Waals surface area contributed by atoms with Crippen LogP contribution in [0.2, 0.25) is 0 Å². The molecule has 0 bridgehead atoms. The van der Waals surface area contributed by atoms with Crippen molar-refractivity contribution in [2.75, 3.05) is 4.90 Å². The van der Waals surface area contributed by atoms with Crippen LogP contribution in [0.25, 0.3) is 22.3 Å². The van der Waals surface area contributed by atoms with Crippen molar-refractivity contribution in [2.45, 2.75) is 20.1 Å². The molecule has 4 heteroatoms. The maximum atomic E-state index is 5.96. The van der Waals surface area contributed by atoms with E-state index in [1.54, 1.807) is 6.26 Å². The first kappa shape index (κ1) is 18.3. The molecule has 0 saturated heterocycles. The first-order valence-electron chi connectivity index (χ1n) is 10.0. The minimum Gasteiger partial charge on any atom is -0.472 e. The molecule has 4 nitrogen and oxygen atoms in total. The molecule has 0 radical (unpaired) electrons. The molecule has 30 heavy (non-hydrogen) atoms. The molecule has 0 saturated carbocycles. The van der Waals surface area contributed by atoms with Crippen LogP contribution < -0.4 is 4.90 Å². The minimum absolute atomic E-state index is 0.302. The Hall–Kier alpha value is -3.79. The summed E-state index contributed by atoms with van der Waals surface area (Å²) in [5, 5.41) is 4.10. The van der Waals surface area contributed by atoms with Crippen molar-refractivity contribution in [3.63, 3.8) is 0 Å². The largest absolute Gasteiger partial charge is 0.472 e. The molecule has 1 aromatic heterocycles. The molecule has 1 unspecified atom stereocenters. The van der Waals surface area contributed by atoms with Crippen LogP contribution in [-0.2, 0) is 4.74 Å². The SMILES string of the molecule is Cc1noc(N2C=COC2c2ccc(-c3ccccc3)c(-c3ccccc3)c2)c1C. The summed E-state index contributed by atoms with van der Waals surface area (Å²) >= 11 is 0. The summed E-state index contributed by atoms with van der Waals surface area (Å²) in [5.41, 5.74) is 7.66. The number of anilines is 1. The van der Waals surface area contributed by atoms with Gasteiger partial charge in [0.25, 0.3) is 0 Å². The number of benzene rings is 3. The third-order valence-corrected chi connectivity index (χ3v) is 5.55. The molecule has 0 amide bonds. The Labute approximate surface area is 176 Å². The van der Waals surface area contributed by atoms with Crippen LogP contribution >= 0.6 is 0 Å². The fourth-order valence-electron chi connectivity index (χ4n) is 3.82. The molecule has 148 valence electrons. The zero-order chi connectivity index (χ0) is 20.5. The average Bonchev–Trinajstić information content (AvgIpc) is 3.41. The molecule has 1 aliphatic rings. The van der Waals surface area contributed by atoms with Gasteiger partial charge in [0.15, 0.2) is 0 Å². The Morgan fingerprint density at radius 1 is 0.800 bits per heavy atom. The van der Waals surface area contributed by atoms with E-state index < -0.39 is 0 Å². The summed E-state index contributed by atoms with van der Waals surface area (Å²) in [5.74, 6) is 0.708. The van der Waals surface area contributed by atoms with Crippen molar-refractivity contribution < 1.29 is 9.26 Å². The maximum absolute atomic E-state index is 5.96. The predicted molar refractivity (Wildman–Crippen MR) is 119 cm³/mol. The Morgan fingerprint density at radius 2 is 1.47 bits per heavy atom. The number of hydrogen-bond acceptors (Lipinski definition) is 4. The normalized spacial score (nSPS) is 15.4. The number of aromatic nitrogens is 1. The van der Waals surface area contributed by atoms with E-state index in [0.717, 1.165) is 16.8 Å². The van der Waals surface area contributed by atoms with Gasteiger partial charge in [-0.3, -0.25) is 4.90 Å². The second kappa shape index (κ2) is 7.56. The third kappa shape index (κ3) is 3.16. The van der Waals surface area contributed by atoms with Crippen molar-refractivity contribution in [3.8, 4) is 22.3 Å². The van der Waals surface area contributed by atoms with Crippen LogP contribution in [0.5, 0.6) is 0 Å². The molecule has 0 fully saturated rings. The van der Waals surface area contributed by atoms with E-state index in [1.807, 2.05) is 37.1 Å². The zero-order valence-corrected chi connectivity index (χ0v) is 16.9. The van der Waals surface area contributed by atoms with E-state index in [9.17, 15) is 0 Å². The summed E-state index contributed by atoms with van der Waals surface area (Å²) in [4.78, 5) is 1.99. The summed E-state index contributed by atoms with van der Waals surface area (Å²) in [6, 6.07) is 27.4. The van der Waals surface area contributed by atoms with Crippen LogP contribution in [0.1, 0.15) is 23.0 Å². The number of ether oxygens (including phenoxy) is 1. The van der Waals surface area contributed by atoms with Crippen LogP contribution in [-0.4, -0.2) is 5.16 Å². The van der Waals surface area contributed by atoms with Crippen molar-refractivity contribution in [1.82, 2.24) is 5.16 Å². The van der Waals surface area contributed by atoms with E-state index in [0.29, 0.717) is 5.88 Å². The monoisotopic (exact) mass is 394 g/mol. The van der Waals surface area contributed by atoms with Crippen molar-refractivity contribution in [3.05, 3.63) is 108 Å². The Bertz CT molecular complexity index is 1200. The molecule has 0 spiro atoms. The lowest BCUT2D eigenvalue weighted by Crippen LogP contribution is -2.20. The van der Waals surface area contributed by atoms with Crippen molar-refractivity contribution in [1.29, 1.82) is 0 Å². The molecule has 1 atom stereocenters. The predicted octanol–water partition coefficient (Wildman–Crippen LogP) is 6.63. The quantitative estimate of drug-likeness (QED) is 0.389. The van der Waals surface area contributed by atoms with Crippen LogP contribution in [0, 0.1) is 13.8 Å². The number of aryl methyl sites for hydroxylation is 1. The fourth-order valence-corrected chi connectivity index (χ4v) is 3.82. The smallest absolute Gasteiger partial charge is 0.237 e. The summed E-state index contributed by atoms with van der Waals surface area (Å²) in [6.45, 7) is 3.96. The van der Waals surface area contributed by atoms with E-state index >= 15 is 0 Å². The summed E-state index contributed by atoms with van der Waals surface area (Å²) in [6.07, 6.45) is 3.29. The van der Waals surface area contributed by atoms with Gasteiger partial charge in [-0.2, -0.15) is 0 Å². The van der Waals surface area contributed by atoms with Gasteiger partial charge in [-0.15, -0.1) is 0 Å². The highest BCUT2D eigenvalue weighted by molar-refractivity contribution is 5.84. The van der Waals surface area contributed by atoms with Crippen LogP contribution in [0.4, 0.5) is 5.88 Å². The highest BCUT2D eigenvalue weighted by atomic mass is 16.5. The van der Waals surface area contributed by atoms with Gasteiger partial charge < -0.3 is 9.26 Å². The van der Waals surface area contributed by atoms with Crippen molar-refractivity contribution in [2.24, 2.45) is 0 Å². The molecule has 3 aromatic carbocycles. The molecular weight excluding hydrogens is 372 g/mol. The first-order valence-corrected chi connectivity index (χ1v) is 10.0. The average molecular weight is 394 g/mol. The van der Waals surface area contributed by atoms with Gasteiger partial charge in [0.1, 0.15) is 6.26 Å². The van der Waals surface area contributed by atoms with E-state index in [1.165, 1.54) is 22.3 Å². The maximum Gasteiger partial charge on any atom is 0.237 e. The number of nitrogens with zero attached hydrogens (tertiary/aromatic N) is 2. The summed E-state index contributed by atoms with van der Waals surface area (Å²) < 4.78 is 11.5. The van der Waals surface area contributed by atoms with Crippen LogP contribution in [0.15, 0.2) is 95.8 Å². The third-order valence-electron chi connectivity index (χ3n) is 5.55. The molecule has 0 aliphatic carbocycles. The lowest BCUT2D eigenvalue weighted by atomic mass is 9.92. The van der Waals surface area contributed by atoms with Gasteiger partial charge in [0.2, 0.25) is 12.1 Å².